The van der Waals surface area contributed by atoms with E-state index in [0.29, 0.717) is 23.5 Å². The first-order valence-corrected chi connectivity index (χ1v) is 6.46. The zero-order valence-electron chi connectivity index (χ0n) is 11.6. The minimum absolute atomic E-state index is 0.147. The van der Waals surface area contributed by atoms with Crippen molar-refractivity contribution in [3.8, 4) is 0 Å². The molecular formula is C16H17FN2O. The van der Waals surface area contributed by atoms with Crippen LogP contribution in [0, 0.1) is 12.7 Å². The van der Waals surface area contributed by atoms with Crippen LogP contribution in [-0.4, -0.2) is 12.5 Å². The Hall–Kier alpha value is -2.36. The zero-order chi connectivity index (χ0) is 14.7. The number of carbonyl (C=O) groups excluding carboxylic acids is 1. The predicted molar refractivity (Wildman–Crippen MR) is 79.3 cm³/mol. The Kier molecular flexibility index (Phi) is 4.03. The number of anilines is 2. The van der Waals surface area contributed by atoms with Crippen molar-refractivity contribution in [1.82, 2.24) is 0 Å². The molecule has 0 unspecified atom stereocenters. The van der Waals surface area contributed by atoms with Crippen molar-refractivity contribution >= 4 is 17.3 Å². The molecular weight excluding hydrogens is 255 g/mol. The molecule has 2 N–H and O–H groups in total. The van der Waals surface area contributed by atoms with Crippen LogP contribution in [0.5, 0.6) is 0 Å². The SMILES string of the molecule is CCN(C(=O)c1ccc(C)c(N)c1)c1ccc(F)cc1. The molecule has 0 saturated heterocycles. The average Bonchev–Trinajstić information content (AvgIpc) is 2.44. The third-order valence-electron chi connectivity index (χ3n) is 3.23. The van der Waals surface area contributed by atoms with E-state index in [1.807, 2.05) is 19.9 Å². The number of halogens is 1. The Labute approximate surface area is 117 Å². The topological polar surface area (TPSA) is 46.3 Å². The van der Waals surface area contributed by atoms with E-state index < -0.39 is 0 Å². The summed E-state index contributed by atoms with van der Waals surface area (Å²) in [5.41, 5.74) is 8.56. The lowest BCUT2D eigenvalue weighted by Gasteiger charge is -2.21. The van der Waals surface area contributed by atoms with E-state index in [9.17, 15) is 9.18 Å². The maximum absolute atomic E-state index is 13.0. The number of amides is 1. The van der Waals surface area contributed by atoms with Crippen LogP contribution in [0.15, 0.2) is 42.5 Å². The van der Waals surface area contributed by atoms with Gasteiger partial charge in [-0.1, -0.05) is 6.07 Å². The van der Waals surface area contributed by atoms with E-state index >= 15 is 0 Å². The lowest BCUT2D eigenvalue weighted by molar-refractivity contribution is 0.0988. The third-order valence-corrected chi connectivity index (χ3v) is 3.23. The number of rotatable bonds is 3. The van der Waals surface area contributed by atoms with Gasteiger partial charge in [-0.15, -0.1) is 0 Å². The monoisotopic (exact) mass is 272 g/mol. The average molecular weight is 272 g/mol. The molecule has 0 spiro atoms. The summed E-state index contributed by atoms with van der Waals surface area (Å²) in [4.78, 5) is 14.1. The molecule has 104 valence electrons. The van der Waals surface area contributed by atoms with E-state index in [0.717, 1.165) is 5.56 Å². The summed E-state index contributed by atoms with van der Waals surface area (Å²) in [6, 6.07) is 11.1. The number of benzene rings is 2. The summed E-state index contributed by atoms with van der Waals surface area (Å²) in [6.45, 7) is 4.26. The third kappa shape index (κ3) is 2.79. The van der Waals surface area contributed by atoms with Crippen LogP contribution in [0.4, 0.5) is 15.8 Å². The molecule has 0 heterocycles. The highest BCUT2D eigenvalue weighted by Gasteiger charge is 2.16. The molecule has 0 atom stereocenters. The summed E-state index contributed by atoms with van der Waals surface area (Å²) in [6.07, 6.45) is 0. The van der Waals surface area contributed by atoms with Gasteiger partial charge in [0.25, 0.3) is 5.91 Å². The number of hydrogen-bond acceptors (Lipinski definition) is 2. The zero-order valence-corrected chi connectivity index (χ0v) is 11.6. The van der Waals surface area contributed by atoms with Crippen molar-refractivity contribution < 1.29 is 9.18 Å². The smallest absolute Gasteiger partial charge is 0.258 e. The standard InChI is InChI=1S/C16H17FN2O/c1-3-19(14-8-6-13(17)7-9-14)16(20)12-5-4-11(2)15(18)10-12/h4-10H,3,18H2,1-2H3. The van der Waals surface area contributed by atoms with Gasteiger partial charge in [0.15, 0.2) is 0 Å². The second-order valence-corrected chi connectivity index (χ2v) is 4.60. The van der Waals surface area contributed by atoms with Crippen LogP contribution in [0.25, 0.3) is 0 Å². The Morgan fingerprint density at radius 3 is 2.40 bits per heavy atom. The van der Waals surface area contributed by atoms with Crippen molar-refractivity contribution in [2.45, 2.75) is 13.8 Å². The highest BCUT2D eigenvalue weighted by molar-refractivity contribution is 6.06. The molecule has 0 fully saturated rings. The van der Waals surface area contributed by atoms with Crippen molar-refractivity contribution in [1.29, 1.82) is 0 Å². The maximum Gasteiger partial charge on any atom is 0.258 e. The molecule has 0 aliphatic heterocycles. The molecule has 0 aliphatic carbocycles. The highest BCUT2D eigenvalue weighted by Crippen LogP contribution is 2.20. The van der Waals surface area contributed by atoms with E-state index in [4.69, 9.17) is 5.73 Å². The molecule has 4 heteroatoms. The summed E-state index contributed by atoms with van der Waals surface area (Å²) >= 11 is 0. The second kappa shape index (κ2) is 5.74. The fourth-order valence-electron chi connectivity index (χ4n) is 1.99. The summed E-state index contributed by atoms with van der Waals surface area (Å²) in [5, 5.41) is 0. The first-order valence-electron chi connectivity index (χ1n) is 6.46. The van der Waals surface area contributed by atoms with Crippen molar-refractivity contribution in [3.63, 3.8) is 0 Å². The molecule has 3 nitrogen and oxygen atoms in total. The number of hydrogen-bond donors (Lipinski definition) is 1. The van der Waals surface area contributed by atoms with Crippen LogP contribution in [0.2, 0.25) is 0 Å². The number of nitrogen functional groups attached to an aromatic ring is 1. The van der Waals surface area contributed by atoms with Gasteiger partial charge in [0.2, 0.25) is 0 Å². The molecule has 0 aromatic heterocycles. The van der Waals surface area contributed by atoms with Gasteiger partial charge in [-0.05, 0) is 55.8 Å². The van der Waals surface area contributed by atoms with Crippen molar-refractivity contribution in [2.75, 3.05) is 17.2 Å². The number of nitrogens with two attached hydrogens (primary N) is 1. The van der Waals surface area contributed by atoms with Gasteiger partial charge < -0.3 is 10.6 Å². The Balaban J connectivity index is 2.33. The van der Waals surface area contributed by atoms with Crippen LogP contribution in [0.3, 0.4) is 0 Å². The van der Waals surface area contributed by atoms with E-state index in [1.54, 1.807) is 29.2 Å². The van der Waals surface area contributed by atoms with Crippen molar-refractivity contribution in [2.24, 2.45) is 0 Å². The lowest BCUT2D eigenvalue weighted by Crippen LogP contribution is -2.30. The molecule has 2 rings (SSSR count). The van der Waals surface area contributed by atoms with Gasteiger partial charge in [0.05, 0.1) is 0 Å². The first-order chi connectivity index (χ1) is 9.52. The summed E-state index contributed by atoms with van der Waals surface area (Å²) in [7, 11) is 0. The molecule has 0 aliphatic rings. The van der Waals surface area contributed by atoms with Gasteiger partial charge in [0, 0.05) is 23.5 Å². The van der Waals surface area contributed by atoms with Gasteiger partial charge in [0.1, 0.15) is 5.82 Å². The summed E-state index contributed by atoms with van der Waals surface area (Å²) in [5.74, 6) is -0.470. The Bertz CT molecular complexity index is 623. The summed E-state index contributed by atoms with van der Waals surface area (Å²) < 4.78 is 13.0. The van der Waals surface area contributed by atoms with Crippen LogP contribution >= 0.6 is 0 Å². The van der Waals surface area contributed by atoms with Gasteiger partial charge in [-0.25, -0.2) is 4.39 Å². The highest BCUT2D eigenvalue weighted by atomic mass is 19.1. The van der Waals surface area contributed by atoms with Gasteiger partial charge >= 0.3 is 0 Å². The maximum atomic E-state index is 13.0. The van der Waals surface area contributed by atoms with E-state index in [2.05, 4.69) is 0 Å². The molecule has 2 aromatic carbocycles. The fourth-order valence-corrected chi connectivity index (χ4v) is 1.99. The van der Waals surface area contributed by atoms with Gasteiger partial charge in [-0.3, -0.25) is 4.79 Å². The molecule has 20 heavy (non-hydrogen) atoms. The quantitative estimate of drug-likeness (QED) is 0.871. The van der Waals surface area contributed by atoms with Crippen LogP contribution in [0.1, 0.15) is 22.8 Å². The second-order valence-electron chi connectivity index (χ2n) is 4.60. The Morgan fingerprint density at radius 1 is 1.20 bits per heavy atom. The normalized spacial score (nSPS) is 10.3. The first kappa shape index (κ1) is 14.1. The van der Waals surface area contributed by atoms with E-state index in [1.165, 1.54) is 12.1 Å². The largest absolute Gasteiger partial charge is 0.398 e. The molecule has 0 radical (unpaired) electrons. The minimum atomic E-state index is -0.322. The lowest BCUT2D eigenvalue weighted by atomic mass is 10.1. The number of nitrogens with zero attached hydrogens (tertiary/aromatic N) is 1. The minimum Gasteiger partial charge on any atom is -0.398 e. The molecule has 0 bridgehead atoms. The molecule has 1 amide bonds. The number of aryl methyl sites for hydroxylation is 1. The van der Waals surface area contributed by atoms with Crippen LogP contribution < -0.4 is 10.6 Å². The Morgan fingerprint density at radius 2 is 1.85 bits per heavy atom. The molecule has 2 aromatic rings. The van der Waals surface area contributed by atoms with Crippen molar-refractivity contribution in [3.05, 3.63) is 59.4 Å². The fraction of sp³-hybridized carbons (Fsp3) is 0.188. The predicted octanol–water partition coefficient (Wildman–Crippen LogP) is 3.38. The van der Waals surface area contributed by atoms with Gasteiger partial charge in [-0.2, -0.15) is 0 Å². The van der Waals surface area contributed by atoms with Crippen LogP contribution in [-0.2, 0) is 0 Å². The molecule has 0 saturated carbocycles. The van der Waals surface area contributed by atoms with E-state index in [-0.39, 0.29) is 11.7 Å². The number of carbonyl (C=O) groups is 1.